The number of rotatable bonds is 6. The molecule has 0 aromatic carbocycles. The summed E-state index contributed by atoms with van der Waals surface area (Å²) in [5.74, 6) is 0.0214. The first-order chi connectivity index (χ1) is 10.2. The van der Waals surface area contributed by atoms with Crippen LogP contribution in [0.5, 0.6) is 0 Å². The van der Waals surface area contributed by atoms with Gasteiger partial charge < -0.3 is 15.0 Å². The molecule has 0 saturated carbocycles. The van der Waals surface area contributed by atoms with E-state index in [-0.39, 0.29) is 18.4 Å². The minimum atomic E-state index is -0.0230. The maximum Gasteiger partial charge on any atom is 0.252 e. The second-order valence-electron chi connectivity index (χ2n) is 4.92. The van der Waals surface area contributed by atoms with Crippen molar-refractivity contribution in [1.82, 2.24) is 15.1 Å². The summed E-state index contributed by atoms with van der Waals surface area (Å²) in [5.41, 5.74) is 0.718. The first-order valence-corrected chi connectivity index (χ1v) is 7.94. The molecule has 1 aromatic heterocycles. The van der Waals surface area contributed by atoms with Crippen LogP contribution in [0.3, 0.4) is 0 Å². The summed E-state index contributed by atoms with van der Waals surface area (Å²) in [4.78, 5) is 27.5. The number of nitrogens with zero attached hydrogens (tertiary/aromatic N) is 2. The van der Waals surface area contributed by atoms with Gasteiger partial charge in [-0.2, -0.15) is 11.3 Å². The lowest BCUT2D eigenvalue weighted by Gasteiger charge is -2.34. The van der Waals surface area contributed by atoms with Crippen LogP contribution in [0.2, 0.25) is 0 Å². The van der Waals surface area contributed by atoms with Gasteiger partial charge in [-0.3, -0.25) is 14.5 Å². The second-order valence-corrected chi connectivity index (χ2v) is 5.70. The number of thiophene rings is 1. The van der Waals surface area contributed by atoms with Gasteiger partial charge in [0.1, 0.15) is 6.61 Å². The van der Waals surface area contributed by atoms with Crippen molar-refractivity contribution in [2.75, 3.05) is 53.0 Å². The fourth-order valence-corrected chi connectivity index (χ4v) is 2.89. The number of nitrogens with one attached hydrogen (secondary N) is 1. The number of piperazine rings is 1. The molecule has 2 amide bonds. The molecule has 6 nitrogen and oxygen atoms in total. The number of methoxy groups -OCH3 is 1. The second kappa shape index (κ2) is 8.11. The zero-order chi connectivity index (χ0) is 15.1. The smallest absolute Gasteiger partial charge is 0.252 e. The van der Waals surface area contributed by atoms with E-state index in [1.165, 1.54) is 18.4 Å². The van der Waals surface area contributed by atoms with Crippen molar-refractivity contribution in [2.45, 2.75) is 0 Å². The van der Waals surface area contributed by atoms with Crippen LogP contribution in [0.1, 0.15) is 10.4 Å². The number of hydrogen-bond donors (Lipinski definition) is 1. The first-order valence-electron chi connectivity index (χ1n) is 7.00. The highest BCUT2D eigenvalue weighted by Gasteiger charge is 2.20. The van der Waals surface area contributed by atoms with E-state index in [0.29, 0.717) is 6.54 Å². The molecule has 1 N–H and O–H groups in total. The minimum Gasteiger partial charge on any atom is -0.375 e. The van der Waals surface area contributed by atoms with E-state index < -0.39 is 0 Å². The van der Waals surface area contributed by atoms with Gasteiger partial charge in [0, 0.05) is 57.3 Å². The molecule has 21 heavy (non-hydrogen) atoms. The zero-order valence-electron chi connectivity index (χ0n) is 12.2. The number of amides is 2. The van der Waals surface area contributed by atoms with Gasteiger partial charge in [0.2, 0.25) is 5.91 Å². The highest BCUT2D eigenvalue weighted by molar-refractivity contribution is 7.08. The Morgan fingerprint density at radius 3 is 2.71 bits per heavy atom. The molecule has 1 aliphatic rings. The van der Waals surface area contributed by atoms with Gasteiger partial charge in [-0.05, 0) is 11.4 Å². The number of hydrogen-bond acceptors (Lipinski definition) is 5. The molecule has 2 rings (SSSR count). The molecule has 0 aliphatic carbocycles. The van der Waals surface area contributed by atoms with Gasteiger partial charge in [-0.15, -0.1) is 0 Å². The lowest BCUT2D eigenvalue weighted by molar-refractivity contribution is -0.136. The molecule has 0 atom stereocenters. The Balaban J connectivity index is 1.63. The summed E-state index contributed by atoms with van der Waals surface area (Å²) in [6.07, 6.45) is 0. The van der Waals surface area contributed by atoms with Crippen molar-refractivity contribution < 1.29 is 14.3 Å². The molecule has 7 heteroatoms. The molecule has 1 aliphatic heterocycles. The van der Waals surface area contributed by atoms with Gasteiger partial charge in [0.15, 0.2) is 0 Å². The molecule has 1 saturated heterocycles. The Labute approximate surface area is 128 Å². The molecule has 116 valence electrons. The fourth-order valence-electron chi connectivity index (χ4n) is 2.26. The largest absolute Gasteiger partial charge is 0.375 e. The standard InChI is InChI=1S/C14H21N3O3S/c1-20-10-13(18)17-7-5-16(6-8-17)4-3-15-14(19)12-2-9-21-11-12/h2,9,11H,3-8,10H2,1H3,(H,15,19). The molecule has 0 radical (unpaired) electrons. The Hall–Kier alpha value is -1.44. The van der Waals surface area contributed by atoms with Crippen molar-refractivity contribution >= 4 is 23.2 Å². The van der Waals surface area contributed by atoms with Crippen molar-refractivity contribution in [3.63, 3.8) is 0 Å². The van der Waals surface area contributed by atoms with Crippen LogP contribution in [0.4, 0.5) is 0 Å². The van der Waals surface area contributed by atoms with Crippen LogP contribution in [-0.2, 0) is 9.53 Å². The zero-order valence-corrected chi connectivity index (χ0v) is 13.0. The molecule has 2 heterocycles. The average molecular weight is 311 g/mol. The lowest BCUT2D eigenvalue weighted by atomic mass is 10.3. The lowest BCUT2D eigenvalue weighted by Crippen LogP contribution is -2.51. The van der Waals surface area contributed by atoms with Gasteiger partial charge in [0.25, 0.3) is 5.91 Å². The SMILES string of the molecule is COCC(=O)N1CCN(CCNC(=O)c2ccsc2)CC1. The molecule has 0 unspecified atom stereocenters. The predicted octanol–water partition coefficient (Wildman–Crippen LogP) is 0.269. The summed E-state index contributed by atoms with van der Waals surface area (Å²) in [5, 5.41) is 6.65. The van der Waals surface area contributed by atoms with Crippen LogP contribution in [-0.4, -0.2) is 74.6 Å². The van der Waals surface area contributed by atoms with Crippen LogP contribution in [0.15, 0.2) is 16.8 Å². The van der Waals surface area contributed by atoms with Crippen LogP contribution >= 0.6 is 11.3 Å². The molecule has 1 aromatic rings. The van der Waals surface area contributed by atoms with E-state index in [1.54, 1.807) is 0 Å². The summed E-state index contributed by atoms with van der Waals surface area (Å²) < 4.78 is 4.86. The summed E-state index contributed by atoms with van der Waals surface area (Å²) >= 11 is 1.52. The Kier molecular flexibility index (Phi) is 6.16. The Bertz CT molecular complexity index is 456. The van der Waals surface area contributed by atoms with Gasteiger partial charge in [-0.25, -0.2) is 0 Å². The average Bonchev–Trinajstić information content (AvgIpc) is 3.02. The van der Waals surface area contributed by atoms with E-state index in [1.807, 2.05) is 21.7 Å². The summed E-state index contributed by atoms with van der Waals surface area (Å²) in [6.45, 7) is 4.70. The molecular formula is C14H21N3O3S. The van der Waals surface area contributed by atoms with E-state index in [2.05, 4.69) is 10.2 Å². The van der Waals surface area contributed by atoms with Gasteiger partial charge in [0.05, 0.1) is 0 Å². The number of ether oxygens (including phenoxy) is 1. The van der Waals surface area contributed by atoms with E-state index in [0.717, 1.165) is 38.3 Å². The third-order valence-electron chi connectivity index (χ3n) is 3.49. The molecule has 0 spiro atoms. The highest BCUT2D eigenvalue weighted by atomic mass is 32.1. The fraction of sp³-hybridized carbons (Fsp3) is 0.571. The quantitative estimate of drug-likeness (QED) is 0.819. The third-order valence-corrected chi connectivity index (χ3v) is 4.17. The maximum atomic E-state index is 11.8. The van der Waals surface area contributed by atoms with Crippen LogP contribution in [0, 0.1) is 0 Å². The van der Waals surface area contributed by atoms with Crippen molar-refractivity contribution in [3.8, 4) is 0 Å². The Morgan fingerprint density at radius 1 is 1.33 bits per heavy atom. The topological polar surface area (TPSA) is 61.9 Å². The predicted molar refractivity (Wildman–Crippen MR) is 81.5 cm³/mol. The minimum absolute atomic E-state index is 0.0230. The van der Waals surface area contributed by atoms with Crippen molar-refractivity contribution in [2.24, 2.45) is 0 Å². The number of carbonyl (C=O) groups excluding carboxylic acids is 2. The number of carbonyl (C=O) groups is 2. The molecule has 0 bridgehead atoms. The van der Waals surface area contributed by atoms with E-state index in [4.69, 9.17) is 4.74 Å². The van der Waals surface area contributed by atoms with Crippen LogP contribution < -0.4 is 5.32 Å². The van der Waals surface area contributed by atoms with Gasteiger partial charge >= 0.3 is 0 Å². The Morgan fingerprint density at radius 2 is 2.10 bits per heavy atom. The highest BCUT2D eigenvalue weighted by Crippen LogP contribution is 2.05. The summed E-state index contributed by atoms with van der Waals surface area (Å²) in [7, 11) is 1.53. The molecular weight excluding hydrogens is 290 g/mol. The summed E-state index contributed by atoms with van der Waals surface area (Å²) in [6, 6.07) is 1.82. The van der Waals surface area contributed by atoms with Gasteiger partial charge in [-0.1, -0.05) is 0 Å². The van der Waals surface area contributed by atoms with Crippen molar-refractivity contribution in [3.05, 3.63) is 22.4 Å². The maximum absolute atomic E-state index is 11.8. The molecule has 1 fully saturated rings. The van der Waals surface area contributed by atoms with E-state index in [9.17, 15) is 9.59 Å². The first kappa shape index (κ1) is 15.9. The normalized spacial score (nSPS) is 16.0. The third kappa shape index (κ3) is 4.80. The van der Waals surface area contributed by atoms with Crippen LogP contribution in [0.25, 0.3) is 0 Å². The monoisotopic (exact) mass is 311 g/mol. The van der Waals surface area contributed by atoms with Crippen molar-refractivity contribution in [1.29, 1.82) is 0 Å². The van der Waals surface area contributed by atoms with E-state index >= 15 is 0 Å².